The molecule has 0 saturated carbocycles. The molecule has 0 aliphatic heterocycles. The first-order valence-corrected chi connectivity index (χ1v) is 7.70. The maximum absolute atomic E-state index is 6.26. The van der Waals surface area contributed by atoms with Gasteiger partial charge in [-0.3, -0.25) is 0 Å². The Morgan fingerprint density at radius 2 is 1.26 bits per heavy atom. The molecule has 2 rings (SSSR count). The molecule has 0 amide bonds. The van der Waals surface area contributed by atoms with Crippen LogP contribution in [-0.4, -0.2) is 12.5 Å². The van der Waals surface area contributed by atoms with Crippen molar-refractivity contribution in [2.24, 2.45) is 0 Å². The van der Waals surface area contributed by atoms with Crippen LogP contribution in [0.25, 0.3) is 6.08 Å². The highest BCUT2D eigenvalue weighted by molar-refractivity contribution is 6.79. The van der Waals surface area contributed by atoms with E-state index in [0.717, 1.165) is 11.1 Å². The molecule has 1 aromatic rings. The number of fused-ring (bicyclic) bond motifs is 1. The molecular weight excluding hydrogens is 392 g/mol. The second-order valence-corrected chi connectivity index (χ2v) is 8.96. The van der Waals surface area contributed by atoms with E-state index >= 15 is 0 Å². The Morgan fingerprint density at radius 1 is 0.737 bits per heavy atom. The van der Waals surface area contributed by atoms with Gasteiger partial charge < -0.3 is 0 Å². The molecule has 1 aliphatic carbocycles. The molecule has 19 heavy (non-hydrogen) atoms. The summed E-state index contributed by atoms with van der Waals surface area (Å²) in [5.74, 6) is 0. The predicted octanol–water partition coefficient (Wildman–Crippen LogP) is 6.35. The molecule has 1 radical (unpaired) electrons. The molecule has 0 nitrogen and oxygen atoms in total. The topological polar surface area (TPSA) is 0 Å². The van der Waals surface area contributed by atoms with Crippen molar-refractivity contribution in [2.45, 2.75) is 12.5 Å². The Balaban J connectivity index is 2.39. The van der Waals surface area contributed by atoms with Crippen LogP contribution in [0.1, 0.15) is 11.1 Å². The van der Waals surface area contributed by atoms with Gasteiger partial charge in [0.2, 0.25) is 8.13 Å². The number of hydrogen-bond donors (Lipinski definition) is 0. The van der Waals surface area contributed by atoms with E-state index < -0.39 is 12.5 Å². The average molecular weight is 398 g/mol. The van der Waals surface area contributed by atoms with Gasteiger partial charge in [0, 0.05) is 6.42 Å². The summed E-state index contributed by atoms with van der Waals surface area (Å²) in [6, 6.07) is 7.59. The standard InChI is InChI=1S/C12H6Cl7/c13-10(14,11(15,16)12(17,18)19)9-5-7-3-1-2-4-8(7)6-9/h1-6H. The summed E-state index contributed by atoms with van der Waals surface area (Å²) >= 11 is 41.9. The quantitative estimate of drug-likeness (QED) is 0.509. The molecule has 0 N–H and O–H groups in total. The lowest BCUT2D eigenvalue weighted by Gasteiger charge is -2.38. The highest BCUT2D eigenvalue weighted by Crippen LogP contribution is 2.60. The minimum atomic E-state index is -2.05. The van der Waals surface area contributed by atoms with Gasteiger partial charge >= 0.3 is 0 Å². The van der Waals surface area contributed by atoms with Crippen molar-refractivity contribution in [2.75, 3.05) is 0 Å². The molecule has 0 unspecified atom stereocenters. The fraction of sp³-hybridized carbons (Fsp3) is 0.250. The molecule has 0 atom stereocenters. The van der Waals surface area contributed by atoms with Gasteiger partial charge in [0.15, 0.2) is 4.33 Å². The van der Waals surface area contributed by atoms with Crippen LogP contribution in [0.4, 0.5) is 0 Å². The Kier molecular flexibility index (Phi) is 4.58. The monoisotopic (exact) mass is 395 g/mol. The number of allylic oxidation sites excluding steroid dienone is 1. The smallest absolute Gasteiger partial charge is 0.0931 e. The first kappa shape index (κ1) is 16.4. The van der Waals surface area contributed by atoms with Gasteiger partial charge in [-0.25, -0.2) is 0 Å². The molecule has 0 spiro atoms. The largest absolute Gasteiger partial charge is 0.226 e. The minimum Gasteiger partial charge on any atom is -0.0931 e. The van der Waals surface area contributed by atoms with Crippen molar-refractivity contribution >= 4 is 87.3 Å². The fourth-order valence-corrected chi connectivity index (χ4v) is 3.13. The zero-order valence-electron chi connectivity index (χ0n) is 9.11. The summed E-state index contributed by atoms with van der Waals surface area (Å²) in [4.78, 5) is 0. The fourth-order valence-electron chi connectivity index (χ4n) is 1.69. The minimum absolute atomic E-state index is 0.466. The third-order valence-corrected chi connectivity index (χ3v) is 6.69. The van der Waals surface area contributed by atoms with Gasteiger partial charge in [-0.05, 0) is 16.7 Å². The zero-order chi connectivity index (χ0) is 14.5. The summed E-state index contributed by atoms with van der Waals surface area (Å²) in [7, 11) is 0. The Bertz CT molecular complexity index is 525. The summed E-state index contributed by atoms with van der Waals surface area (Å²) in [5, 5.41) is 0. The van der Waals surface area contributed by atoms with E-state index in [1.54, 1.807) is 12.5 Å². The summed E-state index contributed by atoms with van der Waals surface area (Å²) in [5.41, 5.74) is 2.35. The lowest BCUT2D eigenvalue weighted by molar-refractivity contribution is 0.744. The van der Waals surface area contributed by atoms with Gasteiger partial charge in [0.05, 0.1) is 0 Å². The third kappa shape index (κ3) is 2.83. The first-order valence-electron chi connectivity index (χ1n) is 5.05. The Hall–Kier alpha value is 0.990. The van der Waals surface area contributed by atoms with Crippen LogP contribution in [0.15, 0.2) is 29.8 Å². The highest BCUT2D eigenvalue weighted by atomic mass is 35.6. The molecule has 0 aromatic heterocycles. The molecular formula is C12H6Cl7. The number of hydrogen-bond acceptors (Lipinski definition) is 0. The first-order chi connectivity index (χ1) is 8.57. The second kappa shape index (κ2) is 5.32. The molecule has 0 bridgehead atoms. The summed E-state index contributed by atoms with van der Waals surface area (Å²) in [6.07, 6.45) is 3.51. The van der Waals surface area contributed by atoms with Crippen molar-refractivity contribution < 1.29 is 0 Å². The van der Waals surface area contributed by atoms with E-state index in [1.807, 2.05) is 24.3 Å². The maximum Gasteiger partial charge on any atom is 0.226 e. The Labute approximate surface area is 146 Å². The van der Waals surface area contributed by atoms with E-state index in [9.17, 15) is 0 Å². The zero-order valence-corrected chi connectivity index (χ0v) is 14.4. The molecule has 0 fully saturated rings. The van der Waals surface area contributed by atoms with Crippen LogP contribution in [0.2, 0.25) is 0 Å². The Morgan fingerprint density at radius 3 is 1.74 bits per heavy atom. The van der Waals surface area contributed by atoms with Crippen molar-refractivity contribution in [1.29, 1.82) is 0 Å². The van der Waals surface area contributed by atoms with Crippen molar-refractivity contribution in [1.82, 2.24) is 0 Å². The van der Waals surface area contributed by atoms with Crippen molar-refractivity contribution in [3.05, 3.63) is 47.4 Å². The van der Waals surface area contributed by atoms with Crippen LogP contribution < -0.4 is 0 Å². The normalized spacial score (nSPS) is 16.3. The predicted molar refractivity (Wildman–Crippen MR) is 87.0 cm³/mol. The van der Waals surface area contributed by atoms with E-state index in [2.05, 4.69) is 0 Å². The molecule has 103 valence electrons. The SMILES string of the molecule is ClC(Cl)(Cl)C(Cl)(Cl)C(Cl)(Cl)C1=Cc2ccccc2[CH]1. The van der Waals surface area contributed by atoms with Crippen LogP contribution >= 0.6 is 81.2 Å². The van der Waals surface area contributed by atoms with Crippen LogP contribution in [-0.2, 0) is 0 Å². The molecule has 0 heterocycles. The number of rotatable bonds is 2. The van der Waals surface area contributed by atoms with E-state index in [1.165, 1.54) is 0 Å². The third-order valence-electron chi connectivity index (χ3n) is 2.73. The van der Waals surface area contributed by atoms with Gasteiger partial charge in [-0.1, -0.05) is 112 Å². The molecule has 7 heteroatoms. The van der Waals surface area contributed by atoms with E-state index in [4.69, 9.17) is 81.2 Å². The van der Waals surface area contributed by atoms with E-state index in [-0.39, 0.29) is 0 Å². The van der Waals surface area contributed by atoms with Crippen LogP contribution in [0.5, 0.6) is 0 Å². The maximum atomic E-state index is 6.26. The highest BCUT2D eigenvalue weighted by Gasteiger charge is 2.61. The van der Waals surface area contributed by atoms with Crippen molar-refractivity contribution in [3.8, 4) is 0 Å². The molecule has 0 saturated heterocycles. The van der Waals surface area contributed by atoms with Crippen molar-refractivity contribution in [3.63, 3.8) is 0 Å². The van der Waals surface area contributed by atoms with E-state index in [0.29, 0.717) is 5.57 Å². The number of alkyl halides is 7. The number of benzene rings is 1. The van der Waals surface area contributed by atoms with Crippen LogP contribution in [0, 0.1) is 6.42 Å². The van der Waals surface area contributed by atoms with Crippen LogP contribution in [0.3, 0.4) is 0 Å². The average Bonchev–Trinajstić information content (AvgIpc) is 2.71. The lowest BCUT2D eigenvalue weighted by atomic mass is 10.1. The van der Waals surface area contributed by atoms with Gasteiger partial charge in [0.1, 0.15) is 0 Å². The van der Waals surface area contributed by atoms with Gasteiger partial charge in [-0.2, -0.15) is 0 Å². The number of halogens is 7. The summed E-state index contributed by atoms with van der Waals surface area (Å²) < 4.78 is -5.85. The molecule has 1 aliphatic rings. The van der Waals surface area contributed by atoms with Gasteiger partial charge in [0.25, 0.3) is 0 Å². The molecule has 1 aromatic carbocycles. The summed E-state index contributed by atoms with van der Waals surface area (Å²) in [6.45, 7) is 0. The lowest BCUT2D eigenvalue weighted by Crippen LogP contribution is -2.47. The van der Waals surface area contributed by atoms with Gasteiger partial charge in [-0.15, -0.1) is 0 Å². The second-order valence-electron chi connectivity index (χ2n) is 4.02.